The number of rotatable bonds is 4. The van der Waals surface area contributed by atoms with E-state index in [-0.39, 0.29) is 51.0 Å². The molecule has 0 spiro atoms. The number of fused-ring (bicyclic) bond motifs is 2. The van der Waals surface area contributed by atoms with Crippen molar-refractivity contribution in [2.24, 2.45) is 0 Å². The normalized spacial score (nSPS) is 11.6. The van der Waals surface area contributed by atoms with Gasteiger partial charge in [0.05, 0.1) is 0 Å². The number of aryl methyl sites for hydroxylation is 2. The molecule has 4 rings (SSSR count). The molecule has 0 N–H and O–H groups in total. The van der Waals surface area contributed by atoms with Crippen LogP contribution >= 0.6 is 0 Å². The summed E-state index contributed by atoms with van der Waals surface area (Å²) in [4.78, 5) is 0. The van der Waals surface area contributed by atoms with Gasteiger partial charge in [0.1, 0.15) is 0 Å². The molecule has 0 aromatic heterocycles. The molecular formula is C28H34Cl2SiZr. The van der Waals surface area contributed by atoms with Crippen LogP contribution in [0.3, 0.4) is 0 Å². The Morgan fingerprint density at radius 3 is 1.31 bits per heavy atom. The Bertz CT molecular complexity index is 1120. The van der Waals surface area contributed by atoms with Crippen molar-refractivity contribution in [1.82, 2.24) is 0 Å². The van der Waals surface area contributed by atoms with Crippen LogP contribution in [0.1, 0.15) is 61.8 Å². The van der Waals surface area contributed by atoms with Crippen LogP contribution in [0.5, 0.6) is 0 Å². The zero-order valence-corrected chi connectivity index (χ0v) is 25.5. The average molecular weight is 561 g/mol. The second kappa shape index (κ2) is 10.7. The van der Waals surface area contributed by atoms with E-state index >= 15 is 0 Å². The van der Waals surface area contributed by atoms with Crippen LogP contribution in [-0.2, 0) is 26.2 Å². The molecule has 4 aromatic rings. The molecule has 0 saturated carbocycles. The quantitative estimate of drug-likeness (QED) is 0.259. The molecule has 0 radical (unpaired) electrons. The maximum absolute atomic E-state index is 2.57. The van der Waals surface area contributed by atoms with Crippen LogP contribution in [-0.4, -0.2) is 8.07 Å². The van der Waals surface area contributed by atoms with Crippen molar-refractivity contribution < 1.29 is 51.0 Å². The topological polar surface area (TPSA) is 0 Å². The Morgan fingerprint density at radius 1 is 0.656 bits per heavy atom. The number of hydrogen-bond donors (Lipinski definition) is 0. The molecular weight excluding hydrogens is 527 g/mol. The van der Waals surface area contributed by atoms with E-state index in [1.165, 1.54) is 43.8 Å². The van der Waals surface area contributed by atoms with E-state index in [1.54, 1.807) is 10.4 Å². The van der Waals surface area contributed by atoms with E-state index in [9.17, 15) is 0 Å². The molecule has 4 heteroatoms. The molecule has 0 amide bonds. The van der Waals surface area contributed by atoms with Crippen molar-refractivity contribution >= 4 is 40.0 Å². The van der Waals surface area contributed by atoms with E-state index in [2.05, 4.69) is 103 Å². The minimum atomic E-state index is -1.92. The van der Waals surface area contributed by atoms with E-state index < -0.39 is 8.07 Å². The Hall–Kier alpha value is -0.660. The maximum atomic E-state index is 2.57. The first-order valence-electron chi connectivity index (χ1n) is 11.0. The molecule has 0 aliphatic rings. The van der Waals surface area contributed by atoms with Gasteiger partial charge in [-0.3, -0.25) is 0 Å². The summed E-state index contributed by atoms with van der Waals surface area (Å²) in [6.45, 7) is 19.1. The van der Waals surface area contributed by atoms with Gasteiger partial charge in [0, 0.05) is 8.07 Å². The Morgan fingerprint density at radius 2 is 1.00 bits per heavy atom. The van der Waals surface area contributed by atoms with Crippen molar-refractivity contribution in [3.8, 4) is 0 Å². The summed E-state index contributed by atoms with van der Waals surface area (Å²) in [5.74, 6) is 1.07. The third-order valence-electron chi connectivity index (χ3n) is 6.78. The molecule has 0 saturated heterocycles. The Kier molecular flexibility index (Phi) is 9.85. The minimum absolute atomic E-state index is 0. The largest absolute Gasteiger partial charge is 4.00 e. The molecule has 0 fully saturated rings. The van der Waals surface area contributed by atoms with Crippen molar-refractivity contribution in [3.63, 3.8) is 0 Å². The van der Waals surface area contributed by atoms with Crippen LogP contribution < -0.4 is 35.2 Å². The van der Waals surface area contributed by atoms with Gasteiger partial charge in [-0.15, -0.1) is 69.1 Å². The SMILES string of the molecule is Cc1[cH-]c2cccc(C(C)C)c2c1[Si](C)(C)c1c(C)[cH-]c2cccc(C(C)C)c12.[Cl-].[Cl-].[Zr+4]. The fourth-order valence-corrected chi connectivity index (χ4v) is 9.89. The third-order valence-corrected chi connectivity index (χ3v) is 10.6. The molecule has 0 nitrogen and oxygen atoms in total. The van der Waals surface area contributed by atoms with Gasteiger partial charge < -0.3 is 24.8 Å². The van der Waals surface area contributed by atoms with Gasteiger partial charge in [0.15, 0.2) is 0 Å². The molecule has 0 aliphatic heterocycles. The van der Waals surface area contributed by atoms with Gasteiger partial charge in [-0.25, -0.2) is 0 Å². The number of halogens is 2. The summed E-state index contributed by atoms with van der Waals surface area (Å²) >= 11 is 0. The first kappa shape index (κ1) is 29.4. The van der Waals surface area contributed by atoms with Crippen LogP contribution in [0, 0.1) is 13.8 Å². The first-order valence-corrected chi connectivity index (χ1v) is 14.0. The van der Waals surface area contributed by atoms with Crippen molar-refractivity contribution in [2.45, 2.75) is 66.5 Å². The van der Waals surface area contributed by atoms with Crippen molar-refractivity contribution in [1.29, 1.82) is 0 Å². The molecule has 0 atom stereocenters. The van der Waals surface area contributed by atoms with E-state index in [0.717, 1.165) is 0 Å². The third kappa shape index (κ3) is 4.63. The van der Waals surface area contributed by atoms with Gasteiger partial charge in [0.25, 0.3) is 0 Å². The summed E-state index contributed by atoms with van der Waals surface area (Å²) < 4.78 is 0. The summed E-state index contributed by atoms with van der Waals surface area (Å²) in [6.07, 6.45) is 0. The smallest absolute Gasteiger partial charge is 1.00 e. The van der Waals surface area contributed by atoms with Gasteiger partial charge in [-0.1, -0.05) is 77.9 Å². The molecule has 4 aromatic carbocycles. The monoisotopic (exact) mass is 558 g/mol. The van der Waals surface area contributed by atoms with Crippen LogP contribution in [0.4, 0.5) is 0 Å². The number of hydrogen-bond acceptors (Lipinski definition) is 0. The summed E-state index contributed by atoms with van der Waals surface area (Å²) in [7, 11) is -1.92. The van der Waals surface area contributed by atoms with Gasteiger partial charge >= 0.3 is 26.2 Å². The standard InChI is InChI=1S/C28H34Si.2ClH.Zr/c1-17(2)23-13-9-11-21-15-19(5)27(25(21)23)29(7,8)28-20(6)16-22-12-10-14-24(18(3)4)26(22)28;;;/h9-18H,1-8H3;2*1H;/q-2;;;+4/p-2. The van der Waals surface area contributed by atoms with Crippen molar-refractivity contribution in [3.05, 3.63) is 70.8 Å². The van der Waals surface area contributed by atoms with Crippen LogP contribution in [0.15, 0.2) is 48.5 Å². The number of benzene rings is 2. The summed E-state index contributed by atoms with van der Waals surface area (Å²) in [5.41, 5.74) is 5.95. The molecule has 0 bridgehead atoms. The van der Waals surface area contributed by atoms with Gasteiger partial charge in [-0.2, -0.15) is 10.4 Å². The fourth-order valence-electron chi connectivity index (χ4n) is 5.70. The summed E-state index contributed by atoms with van der Waals surface area (Å²) in [6, 6.07) is 18.6. The molecule has 0 aliphatic carbocycles. The average Bonchev–Trinajstić information content (AvgIpc) is 3.16. The van der Waals surface area contributed by atoms with E-state index in [4.69, 9.17) is 0 Å². The zero-order valence-electron chi connectivity index (χ0n) is 20.5. The Balaban J connectivity index is 0.00000171. The second-order valence-electron chi connectivity index (χ2n) is 9.96. The molecule has 0 unspecified atom stereocenters. The van der Waals surface area contributed by atoms with Crippen LogP contribution in [0.2, 0.25) is 13.1 Å². The predicted molar refractivity (Wildman–Crippen MR) is 133 cm³/mol. The first-order chi connectivity index (χ1) is 13.6. The van der Waals surface area contributed by atoms with E-state index in [0.29, 0.717) is 11.8 Å². The maximum Gasteiger partial charge on any atom is 4.00 e. The van der Waals surface area contributed by atoms with Gasteiger partial charge in [-0.05, 0) is 11.8 Å². The minimum Gasteiger partial charge on any atom is -1.00 e. The fraction of sp³-hybridized carbons (Fsp3) is 0.357. The second-order valence-corrected chi connectivity index (χ2v) is 14.2. The molecule has 168 valence electrons. The van der Waals surface area contributed by atoms with Crippen molar-refractivity contribution in [2.75, 3.05) is 0 Å². The van der Waals surface area contributed by atoms with Crippen LogP contribution in [0.25, 0.3) is 21.5 Å². The summed E-state index contributed by atoms with van der Waals surface area (Å²) in [5, 5.41) is 9.19. The van der Waals surface area contributed by atoms with Gasteiger partial charge in [0.2, 0.25) is 0 Å². The zero-order chi connectivity index (χ0) is 21.1. The molecule has 32 heavy (non-hydrogen) atoms. The Labute approximate surface area is 226 Å². The van der Waals surface area contributed by atoms with E-state index in [1.807, 2.05) is 0 Å². The molecule has 0 heterocycles. The predicted octanol–water partition coefficient (Wildman–Crippen LogP) is 1.12.